The Morgan fingerprint density at radius 3 is 1.90 bits per heavy atom. The molecule has 42 heavy (non-hydrogen) atoms. The Morgan fingerprint density at radius 1 is 0.786 bits per heavy atom. The predicted octanol–water partition coefficient (Wildman–Crippen LogP) is 8.47. The van der Waals surface area contributed by atoms with Crippen LogP contribution in [-0.2, 0) is 9.59 Å². The number of benzene rings is 2. The number of rotatable bonds is 7. The second-order valence-electron chi connectivity index (χ2n) is 10.9. The smallest absolute Gasteiger partial charge is 0.258 e. The molecule has 0 unspecified atom stereocenters. The summed E-state index contributed by atoms with van der Waals surface area (Å²) >= 11 is 11.9. The van der Waals surface area contributed by atoms with Crippen LogP contribution < -0.4 is 5.32 Å². The number of aromatic nitrogens is 1. The Hall–Kier alpha value is -3.60. The van der Waals surface area contributed by atoms with E-state index in [1.54, 1.807) is 30.5 Å². The number of isocyanates is 2. The number of hydrogen-bond acceptors (Lipinski definition) is 6. The number of aliphatic imine (C=N–C) groups is 2. The highest BCUT2D eigenvalue weighted by Crippen LogP contribution is 2.36. The number of pyridine rings is 1. The van der Waals surface area contributed by atoms with Gasteiger partial charge in [-0.2, -0.15) is 0 Å². The lowest BCUT2D eigenvalue weighted by Gasteiger charge is -2.31. The van der Waals surface area contributed by atoms with Crippen molar-refractivity contribution in [3.05, 3.63) is 82.6 Å². The first kappa shape index (κ1) is 31.3. The summed E-state index contributed by atoms with van der Waals surface area (Å²) in [5.41, 5.74) is 2.89. The Labute approximate surface area is 256 Å². The number of amides is 1. The van der Waals surface area contributed by atoms with Gasteiger partial charge < -0.3 is 5.32 Å². The third-order valence-corrected chi connectivity index (χ3v) is 8.66. The number of hydrogen-bond donors (Lipinski definition) is 1. The molecule has 5 rings (SSSR count). The van der Waals surface area contributed by atoms with Gasteiger partial charge in [-0.3, -0.25) is 4.79 Å². The zero-order chi connectivity index (χ0) is 29.7. The van der Waals surface area contributed by atoms with E-state index in [4.69, 9.17) is 23.2 Å². The fourth-order valence-corrected chi connectivity index (χ4v) is 6.19. The van der Waals surface area contributed by atoms with Crippen LogP contribution in [0.15, 0.2) is 76.8 Å². The Bertz CT molecular complexity index is 1380. The maximum atomic E-state index is 12.4. The highest BCUT2D eigenvalue weighted by Gasteiger charge is 2.26. The van der Waals surface area contributed by atoms with Gasteiger partial charge in [-0.1, -0.05) is 53.5 Å². The van der Waals surface area contributed by atoms with E-state index in [1.807, 2.05) is 48.5 Å². The van der Waals surface area contributed by atoms with E-state index in [9.17, 15) is 14.4 Å². The molecule has 0 radical (unpaired) electrons. The first-order chi connectivity index (χ1) is 20.5. The van der Waals surface area contributed by atoms with Gasteiger partial charge in [-0.05, 0) is 106 Å². The van der Waals surface area contributed by atoms with Gasteiger partial charge in [0, 0.05) is 22.5 Å². The van der Waals surface area contributed by atoms with Crippen LogP contribution in [0.2, 0.25) is 10.2 Å². The number of carbonyl (C=O) groups is 1. The summed E-state index contributed by atoms with van der Waals surface area (Å²) in [6, 6.07) is 18.8. The molecule has 0 atom stereocenters. The lowest BCUT2D eigenvalue weighted by Crippen LogP contribution is -2.23. The summed E-state index contributed by atoms with van der Waals surface area (Å²) < 4.78 is 0. The van der Waals surface area contributed by atoms with E-state index < -0.39 is 0 Å². The fraction of sp³-hybridized carbons (Fsp3) is 0.394. The molecule has 218 valence electrons. The van der Waals surface area contributed by atoms with Gasteiger partial charge in [-0.25, -0.2) is 24.6 Å². The molecule has 0 aliphatic heterocycles. The van der Waals surface area contributed by atoms with Gasteiger partial charge in [0.1, 0.15) is 5.15 Å². The maximum Gasteiger partial charge on any atom is 0.258 e. The van der Waals surface area contributed by atoms with Crippen LogP contribution in [0.4, 0.5) is 5.69 Å². The molecule has 2 aliphatic carbocycles. The topological polar surface area (TPSA) is 101 Å². The van der Waals surface area contributed by atoms with Crippen LogP contribution in [0.1, 0.15) is 68.1 Å². The quantitative estimate of drug-likeness (QED) is 0.166. The lowest BCUT2D eigenvalue weighted by atomic mass is 9.76. The van der Waals surface area contributed by atoms with Gasteiger partial charge >= 0.3 is 0 Å². The second-order valence-corrected chi connectivity index (χ2v) is 11.7. The molecule has 1 N–H and O–H groups in total. The van der Waals surface area contributed by atoms with Crippen molar-refractivity contribution in [3.8, 4) is 11.1 Å². The lowest BCUT2D eigenvalue weighted by molar-refractivity contribution is 0.102. The molecule has 2 fully saturated rings. The molecule has 3 aromatic rings. The molecule has 1 heterocycles. The normalized spacial score (nSPS) is 21.5. The van der Waals surface area contributed by atoms with Crippen molar-refractivity contribution < 1.29 is 14.4 Å². The minimum atomic E-state index is -0.301. The molecule has 2 aliphatic rings. The number of carbonyl (C=O) groups excluding carboxylic acids is 3. The van der Waals surface area contributed by atoms with Crippen LogP contribution in [0.3, 0.4) is 0 Å². The van der Waals surface area contributed by atoms with Crippen molar-refractivity contribution in [3.63, 3.8) is 0 Å². The summed E-state index contributed by atoms with van der Waals surface area (Å²) in [6.07, 6.45) is 15.2. The van der Waals surface area contributed by atoms with Crippen molar-refractivity contribution in [1.82, 2.24) is 4.98 Å². The molecule has 9 heteroatoms. The minimum Gasteiger partial charge on any atom is -0.321 e. The van der Waals surface area contributed by atoms with E-state index >= 15 is 0 Å². The standard InChI is InChI=1S/C18H12Cl2N2O.C15H22N2O2/c19-13-9-7-12(8-10-13)14-4-1-2-6-16(14)22-18(23)15-5-3-11-21-17(15)20;18-10-16-14-5-1-12(2-6-14)9-13-3-7-15(8-4-13)17-11-19/h1-11H,(H,22,23);12-15H,1-9H2. The van der Waals surface area contributed by atoms with Crippen molar-refractivity contribution in [1.29, 1.82) is 0 Å². The van der Waals surface area contributed by atoms with Crippen molar-refractivity contribution in [2.45, 2.75) is 69.9 Å². The Kier molecular flexibility index (Phi) is 12.0. The molecule has 0 saturated heterocycles. The number of anilines is 1. The van der Waals surface area contributed by atoms with Gasteiger partial charge in [0.2, 0.25) is 12.2 Å². The summed E-state index contributed by atoms with van der Waals surface area (Å²) in [5.74, 6) is 1.30. The van der Waals surface area contributed by atoms with E-state index in [0.29, 0.717) is 16.3 Å². The maximum absolute atomic E-state index is 12.4. The number of para-hydroxylation sites is 1. The molecule has 0 spiro atoms. The molecule has 7 nitrogen and oxygen atoms in total. The van der Waals surface area contributed by atoms with Crippen molar-refractivity contribution in [2.75, 3.05) is 5.32 Å². The third kappa shape index (κ3) is 9.20. The van der Waals surface area contributed by atoms with E-state index in [2.05, 4.69) is 20.3 Å². The van der Waals surface area contributed by atoms with Crippen LogP contribution in [0.5, 0.6) is 0 Å². The first-order valence-electron chi connectivity index (χ1n) is 14.4. The van der Waals surface area contributed by atoms with Gasteiger partial charge in [-0.15, -0.1) is 0 Å². The van der Waals surface area contributed by atoms with Crippen LogP contribution in [0, 0.1) is 11.8 Å². The fourth-order valence-electron chi connectivity index (χ4n) is 5.86. The Balaban J connectivity index is 0.000000197. The van der Waals surface area contributed by atoms with Crippen LogP contribution >= 0.6 is 23.2 Å². The predicted molar refractivity (Wildman–Crippen MR) is 166 cm³/mol. The Morgan fingerprint density at radius 2 is 1.36 bits per heavy atom. The molecule has 1 aromatic heterocycles. The van der Waals surface area contributed by atoms with E-state index in [0.717, 1.165) is 48.6 Å². The number of nitrogens with zero attached hydrogens (tertiary/aromatic N) is 3. The largest absolute Gasteiger partial charge is 0.321 e. The molecule has 1 amide bonds. The molecular weight excluding hydrogens is 571 g/mol. The minimum absolute atomic E-state index is 0.175. The second kappa shape index (κ2) is 16.1. The zero-order valence-corrected chi connectivity index (χ0v) is 24.9. The van der Waals surface area contributed by atoms with Crippen molar-refractivity contribution >= 4 is 47.0 Å². The molecule has 2 saturated carbocycles. The average Bonchev–Trinajstić information content (AvgIpc) is 3.01. The monoisotopic (exact) mass is 604 g/mol. The van der Waals surface area contributed by atoms with E-state index in [1.165, 1.54) is 32.1 Å². The SMILES string of the molecule is O=C(Nc1ccccc1-c1ccc(Cl)cc1)c1cccnc1Cl.O=C=NC1CCC(CC2CCC(N=C=O)CC2)CC1. The van der Waals surface area contributed by atoms with Gasteiger partial charge in [0.05, 0.1) is 17.6 Å². The van der Waals surface area contributed by atoms with Gasteiger partial charge in [0.15, 0.2) is 0 Å². The molecule has 2 aromatic carbocycles. The summed E-state index contributed by atoms with van der Waals surface area (Å²) in [5, 5.41) is 3.72. The number of nitrogens with one attached hydrogen (secondary N) is 1. The number of halogens is 2. The summed E-state index contributed by atoms with van der Waals surface area (Å²) in [7, 11) is 0. The first-order valence-corrected chi connectivity index (χ1v) is 15.1. The summed E-state index contributed by atoms with van der Waals surface area (Å²) in [6.45, 7) is 0. The average molecular weight is 606 g/mol. The van der Waals surface area contributed by atoms with E-state index in [-0.39, 0.29) is 23.1 Å². The summed E-state index contributed by atoms with van der Waals surface area (Å²) in [4.78, 5) is 44.5. The van der Waals surface area contributed by atoms with Crippen LogP contribution in [0.25, 0.3) is 11.1 Å². The molecular formula is C33H34Cl2N4O3. The van der Waals surface area contributed by atoms with Crippen LogP contribution in [-0.4, -0.2) is 35.1 Å². The third-order valence-electron chi connectivity index (χ3n) is 8.10. The highest BCUT2D eigenvalue weighted by atomic mass is 35.5. The van der Waals surface area contributed by atoms with Crippen molar-refractivity contribution in [2.24, 2.45) is 21.8 Å². The molecule has 0 bridgehead atoms. The highest BCUT2D eigenvalue weighted by molar-refractivity contribution is 6.33. The zero-order valence-electron chi connectivity index (χ0n) is 23.3. The van der Waals surface area contributed by atoms with Gasteiger partial charge in [0.25, 0.3) is 5.91 Å².